The minimum atomic E-state index is -0.598. The van der Waals surface area contributed by atoms with Crippen molar-refractivity contribution in [2.24, 2.45) is 0 Å². The van der Waals surface area contributed by atoms with Crippen molar-refractivity contribution >= 4 is 62.8 Å². The second-order valence-electron chi connectivity index (χ2n) is 15.0. The van der Waals surface area contributed by atoms with Crippen LogP contribution in [-0.2, 0) is 25.7 Å². The number of hydrogen-bond acceptors (Lipinski definition) is 11. The van der Waals surface area contributed by atoms with Crippen LogP contribution < -0.4 is 20.7 Å². The lowest BCUT2D eigenvalue weighted by Crippen LogP contribution is -2.49. The van der Waals surface area contributed by atoms with E-state index in [0.29, 0.717) is 67.8 Å². The number of pyridine rings is 2. The molecule has 1 aromatic carbocycles. The van der Waals surface area contributed by atoms with Crippen molar-refractivity contribution in [2.45, 2.75) is 88.6 Å². The Labute approximate surface area is 345 Å². The Bertz CT molecular complexity index is 2070. The molecule has 3 fully saturated rings. The van der Waals surface area contributed by atoms with Gasteiger partial charge in [-0.1, -0.05) is 19.4 Å². The van der Waals surface area contributed by atoms with Crippen LogP contribution in [0.5, 0.6) is 11.5 Å². The third-order valence-electron chi connectivity index (χ3n) is 10.4. The summed E-state index contributed by atoms with van der Waals surface area (Å²) in [7, 11) is 0. The molecule has 5 heterocycles. The first-order valence-corrected chi connectivity index (χ1v) is 22.0. The third kappa shape index (κ3) is 11.4. The molecule has 2 saturated heterocycles. The standard InChI is InChI=1S/C42H50FN7O6S2/c1-2-5-38(51)48-32-15-21-57-36(32)6-3-4-7-40(53)55-26-39(52)50-19-17-49(18-20-50)25-27-8-12-31(45-24-27)37-23-33-41(58-37)35(14-16-44-33)56-34-13-11-29(22-30(34)43)47-42(54)46-28-9-10-28/h8,11-14,16,22-24,28,32,36H,2-7,9-10,15,17-21,25-26H2,1H3,(H,48,51)(H2,46,47,54). The second kappa shape index (κ2) is 19.8. The maximum absolute atomic E-state index is 15.0. The highest BCUT2D eigenvalue weighted by Gasteiger charge is 2.29. The number of thioether (sulfide) groups is 1. The minimum absolute atomic E-state index is 0.0351. The van der Waals surface area contributed by atoms with E-state index in [1.165, 1.54) is 23.5 Å². The topological polar surface area (TPSA) is 155 Å². The SMILES string of the molecule is CCCC(=O)NC1CCSC1CCCCC(=O)OCC(=O)N1CCN(Cc2ccc(-c3cc4nccc(Oc5ccc(NC(=O)NC6CC6)cc5F)c4s3)nc2)CC1. The van der Waals surface area contributed by atoms with Gasteiger partial charge >= 0.3 is 12.0 Å². The van der Waals surface area contributed by atoms with E-state index >= 15 is 4.39 Å². The number of nitrogens with zero attached hydrogens (tertiary/aromatic N) is 4. The highest BCUT2D eigenvalue weighted by atomic mass is 32.2. The van der Waals surface area contributed by atoms with Gasteiger partial charge in [0, 0.05) is 93.1 Å². The molecule has 0 radical (unpaired) electrons. The highest BCUT2D eigenvalue weighted by Crippen LogP contribution is 2.39. The van der Waals surface area contributed by atoms with Gasteiger partial charge in [-0.15, -0.1) is 11.3 Å². The molecule has 2 atom stereocenters. The number of ether oxygens (including phenoxy) is 2. The van der Waals surface area contributed by atoms with E-state index in [1.54, 1.807) is 23.2 Å². The Morgan fingerprint density at radius 2 is 1.78 bits per heavy atom. The van der Waals surface area contributed by atoms with Crippen molar-refractivity contribution in [3.8, 4) is 22.1 Å². The van der Waals surface area contributed by atoms with Gasteiger partial charge in [0.15, 0.2) is 18.2 Å². The lowest BCUT2D eigenvalue weighted by molar-refractivity contribution is -0.152. The van der Waals surface area contributed by atoms with Crippen molar-refractivity contribution in [3.05, 3.63) is 66.2 Å². The first kappa shape index (κ1) is 41.4. The molecule has 7 rings (SSSR count). The molecular weight excluding hydrogens is 782 g/mol. The summed E-state index contributed by atoms with van der Waals surface area (Å²) in [6, 6.07) is 12.0. The quantitative estimate of drug-likeness (QED) is 0.0741. The molecule has 13 nitrogen and oxygen atoms in total. The summed E-state index contributed by atoms with van der Waals surface area (Å²) < 4.78 is 27.1. The average Bonchev–Trinajstić information content (AvgIpc) is 3.73. The second-order valence-corrected chi connectivity index (χ2v) is 17.4. The molecular formula is C42H50FN7O6S2. The van der Waals surface area contributed by atoms with Gasteiger partial charge in [-0.05, 0) is 74.1 Å². The summed E-state index contributed by atoms with van der Waals surface area (Å²) in [6.45, 7) is 4.95. The first-order valence-electron chi connectivity index (χ1n) is 20.2. The number of urea groups is 1. The zero-order valence-corrected chi connectivity index (χ0v) is 34.3. The monoisotopic (exact) mass is 831 g/mol. The van der Waals surface area contributed by atoms with Gasteiger partial charge in [-0.2, -0.15) is 11.8 Å². The number of nitrogens with one attached hydrogen (secondary N) is 3. The van der Waals surface area contributed by atoms with Gasteiger partial charge < -0.3 is 30.3 Å². The molecule has 3 aliphatic rings. The third-order valence-corrected chi connectivity index (χ3v) is 13.0. The van der Waals surface area contributed by atoms with Crippen molar-refractivity contribution in [1.29, 1.82) is 0 Å². The van der Waals surface area contributed by atoms with Gasteiger partial charge in [0.05, 0.1) is 20.8 Å². The van der Waals surface area contributed by atoms with E-state index in [9.17, 15) is 19.2 Å². The Kier molecular flexibility index (Phi) is 14.1. The molecule has 2 aliphatic heterocycles. The number of aromatic nitrogens is 2. The van der Waals surface area contributed by atoms with Gasteiger partial charge in [0.25, 0.3) is 5.91 Å². The molecule has 1 aliphatic carbocycles. The van der Waals surface area contributed by atoms with E-state index in [4.69, 9.17) is 14.5 Å². The normalized spacial score (nSPS) is 18.2. The number of fused-ring (bicyclic) bond motifs is 1. The van der Waals surface area contributed by atoms with Crippen LogP contribution in [0.1, 0.15) is 70.3 Å². The first-order chi connectivity index (χ1) is 28.2. The number of piperazine rings is 1. The van der Waals surface area contributed by atoms with Crippen LogP contribution in [0.3, 0.4) is 0 Å². The predicted octanol–water partition coefficient (Wildman–Crippen LogP) is 7.11. The number of unbranched alkanes of at least 4 members (excludes halogenated alkanes) is 1. The van der Waals surface area contributed by atoms with Crippen molar-refractivity contribution in [2.75, 3.05) is 43.9 Å². The van der Waals surface area contributed by atoms with Crippen LogP contribution in [0.2, 0.25) is 0 Å². The number of thiophene rings is 1. The Morgan fingerprint density at radius 1 is 0.931 bits per heavy atom. The molecule has 0 spiro atoms. The highest BCUT2D eigenvalue weighted by molar-refractivity contribution is 8.00. The molecule has 1 saturated carbocycles. The van der Waals surface area contributed by atoms with E-state index in [1.807, 2.05) is 43.1 Å². The lowest BCUT2D eigenvalue weighted by Gasteiger charge is -2.34. The summed E-state index contributed by atoms with van der Waals surface area (Å²) in [5.41, 5.74) is 2.87. The number of carbonyl (C=O) groups excluding carboxylic acids is 4. The fourth-order valence-electron chi connectivity index (χ4n) is 7.08. The molecule has 2 unspecified atom stereocenters. The summed E-state index contributed by atoms with van der Waals surface area (Å²) >= 11 is 3.35. The summed E-state index contributed by atoms with van der Waals surface area (Å²) in [6.07, 6.45) is 10.6. The number of halogens is 1. The van der Waals surface area contributed by atoms with E-state index < -0.39 is 5.82 Å². The Morgan fingerprint density at radius 3 is 2.53 bits per heavy atom. The Hall–Kier alpha value is -4.80. The van der Waals surface area contributed by atoms with Crippen molar-refractivity contribution in [3.63, 3.8) is 0 Å². The minimum Gasteiger partial charge on any atom is -0.456 e. The number of anilines is 1. The predicted molar refractivity (Wildman–Crippen MR) is 223 cm³/mol. The molecule has 0 bridgehead atoms. The number of hydrogen-bond donors (Lipinski definition) is 3. The molecule has 308 valence electrons. The fraction of sp³-hybridized carbons (Fsp3) is 0.476. The van der Waals surface area contributed by atoms with Gasteiger partial charge in [-0.25, -0.2) is 9.18 Å². The van der Waals surface area contributed by atoms with Crippen LogP contribution in [0, 0.1) is 5.82 Å². The maximum atomic E-state index is 15.0. The number of carbonyl (C=O) groups is 4. The van der Waals surface area contributed by atoms with E-state index in [-0.39, 0.29) is 54.7 Å². The number of rotatable bonds is 17. The summed E-state index contributed by atoms with van der Waals surface area (Å²) in [5.74, 6) is 0.543. The zero-order chi connectivity index (χ0) is 40.4. The molecule has 4 amide bonds. The fourth-order valence-corrected chi connectivity index (χ4v) is 9.59. The van der Waals surface area contributed by atoms with Gasteiger partial charge in [-0.3, -0.25) is 29.3 Å². The largest absolute Gasteiger partial charge is 0.456 e. The maximum Gasteiger partial charge on any atom is 0.319 e. The van der Waals surface area contributed by atoms with Gasteiger partial charge in [0.1, 0.15) is 5.75 Å². The summed E-state index contributed by atoms with van der Waals surface area (Å²) in [4.78, 5) is 63.4. The number of benzene rings is 1. The number of amides is 4. The zero-order valence-electron chi connectivity index (χ0n) is 32.7. The molecule has 3 N–H and O–H groups in total. The Balaban J connectivity index is 0.821. The molecule has 58 heavy (non-hydrogen) atoms. The van der Waals surface area contributed by atoms with Crippen molar-refractivity contribution < 1.29 is 33.0 Å². The van der Waals surface area contributed by atoms with Crippen LogP contribution in [-0.4, -0.2) is 99.5 Å². The molecule has 3 aromatic heterocycles. The van der Waals surface area contributed by atoms with Crippen LogP contribution in [0.15, 0.2) is 54.9 Å². The average molecular weight is 832 g/mol. The summed E-state index contributed by atoms with van der Waals surface area (Å²) in [5, 5.41) is 9.02. The van der Waals surface area contributed by atoms with E-state index in [2.05, 4.69) is 25.8 Å². The smallest absolute Gasteiger partial charge is 0.319 e. The van der Waals surface area contributed by atoms with E-state index in [0.717, 1.165) is 65.1 Å². The number of esters is 1. The van der Waals surface area contributed by atoms with Gasteiger partial charge in [0.2, 0.25) is 5.91 Å². The molecule has 16 heteroatoms. The van der Waals surface area contributed by atoms with Crippen LogP contribution in [0.4, 0.5) is 14.9 Å². The van der Waals surface area contributed by atoms with Crippen LogP contribution >= 0.6 is 23.1 Å². The van der Waals surface area contributed by atoms with Crippen molar-refractivity contribution in [1.82, 2.24) is 30.4 Å². The lowest BCUT2D eigenvalue weighted by atomic mass is 10.0. The molecule has 4 aromatic rings. The van der Waals surface area contributed by atoms with Crippen LogP contribution in [0.25, 0.3) is 20.8 Å².